The lowest BCUT2D eigenvalue weighted by Gasteiger charge is -2.35. The van der Waals surface area contributed by atoms with Crippen molar-refractivity contribution in [2.24, 2.45) is 0 Å². The van der Waals surface area contributed by atoms with Crippen LogP contribution in [0.4, 0.5) is 14.9 Å². The van der Waals surface area contributed by atoms with Crippen LogP contribution in [0.2, 0.25) is 0 Å². The molecule has 1 saturated heterocycles. The normalized spacial score (nSPS) is 17.6. The molecule has 3 rings (SSSR count). The van der Waals surface area contributed by atoms with Gasteiger partial charge < -0.3 is 20.1 Å². The van der Waals surface area contributed by atoms with E-state index in [0.717, 1.165) is 24.9 Å². The smallest absolute Gasteiger partial charge is 0.315 e. The molecule has 0 unspecified atom stereocenters. The Morgan fingerprint density at radius 2 is 2.33 bits per heavy atom. The van der Waals surface area contributed by atoms with Crippen molar-refractivity contribution in [3.05, 3.63) is 47.6 Å². The Hall–Kier alpha value is -2.57. The third-order valence-corrected chi connectivity index (χ3v) is 4.12. The number of nitrogens with one attached hydrogen (secondary N) is 2. The number of benzene rings is 1. The van der Waals surface area contributed by atoms with E-state index in [1.807, 2.05) is 17.9 Å². The fourth-order valence-corrected chi connectivity index (χ4v) is 2.91. The van der Waals surface area contributed by atoms with Crippen LogP contribution in [0.15, 0.2) is 35.1 Å². The fraction of sp³-hybridized carbons (Fsp3) is 0.412. The van der Waals surface area contributed by atoms with Crippen LogP contribution in [0.3, 0.4) is 0 Å². The average molecular weight is 332 g/mol. The van der Waals surface area contributed by atoms with Gasteiger partial charge in [-0.2, -0.15) is 0 Å². The number of carbonyl (C=O) groups excluding carboxylic acids is 1. The minimum Gasteiger partial charge on any atom is -0.367 e. The van der Waals surface area contributed by atoms with E-state index in [9.17, 15) is 9.18 Å². The number of urea groups is 1. The zero-order chi connectivity index (χ0) is 16.9. The molecule has 24 heavy (non-hydrogen) atoms. The predicted molar refractivity (Wildman–Crippen MR) is 88.2 cm³/mol. The van der Waals surface area contributed by atoms with Gasteiger partial charge in [-0.25, -0.2) is 9.18 Å². The van der Waals surface area contributed by atoms with Crippen molar-refractivity contribution in [1.29, 1.82) is 0 Å². The van der Waals surface area contributed by atoms with Gasteiger partial charge in [-0.15, -0.1) is 0 Å². The Bertz CT molecular complexity index is 690. The van der Waals surface area contributed by atoms with Crippen molar-refractivity contribution in [2.75, 3.05) is 18.0 Å². The number of aryl methyl sites for hydroxylation is 1. The minimum absolute atomic E-state index is 0.0176. The summed E-state index contributed by atoms with van der Waals surface area (Å²) in [7, 11) is 0. The highest BCUT2D eigenvalue weighted by Crippen LogP contribution is 2.24. The maximum absolute atomic E-state index is 14.1. The molecule has 0 radical (unpaired) electrons. The van der Waals surface area contributed by atoms with Crippen LogP contribution >= 0.6 is 0 Å². The second-order valence-corrected chi connectivity index (χ2v) is 6.06. The molecule has 0 bridgehead atoms. The summed E-state index contributed by atoms with van der Waals surface area (Å²) in [6.07, 6.45) is 3.24. The summed E-state index contributed by atoms with van der Waals surface area (Å²) in [5.41, 5.74) is 2.29. The summed E-state index contributed by atoms with van der Waals surface area (Å²) >= 11 is 0. The molecular weight excluding hydrogens is 311 g/mol. The van der Waals surface area contributed by atoms with Crippen LogP contribution in [-0.4, -0.2) is 30.3 Å². The molecule has 128 valence electrons. The number of aromatic nitrogens is 1. The van der Waals surface area contributed by atoms with Gasteiger partial charge in [-0.3, -0.25) is 0 Å². The van der Waals surface area contributed by atoms with Crippen molar-refractivity contribution in [3.63, 3.8) is 0 Å². The van der Waals surface area contributed by atoms with Crippen molar-refractivity contribution < 1.29 is 13.7 Å². The van der Waals surface area contributed by atoms with Gasteiger partial charge in [-0.05, 0) is 37.5 Å². The zero-order valence-electron chi connectivity index (χ0n) is 13.6. The molecule has 2 amide bonds. The van der Waals surface area contributed by atoms with Gasteiger partial charge in [-0.1, -0.05) is 11.2 Å². The molecule has 0 aliphatic carbocycles. The molecule has 1 fully saturated rings. The quantitative estimate of drug-likeness (QED) is 0.903. The lowest BCUT2D eigenvalue weighted by molar-refractivity contribution is 0.234. The van der Waals surface area contributed by atoms with E-state index < -0.39 is 0 Å². The SMILES string of the molecule is Cc1ccc(F)c(N2CCC[C@@H](NC(=O)NCc3ccon3)C2)c1. The summed E-state index contributed by atoms with van der Waals surface area (Å²) in [6, 6.07) is 6.53. The molecule has 1 aromatic heterocycles. The number of carbonyl (C=O) groups is 1. The summed E-state index contributed by atoms with van der Waals surface area (Å²) < 4.78 is 18.8. The van der Waals surface area contributed by atoms with Gasteiger partial charge in [0.2, 0.25) is 0 Å². The van der Waals surface area contributed by atoms with E-state index in [1.54, 1.807) is 12.1 Å². The van der Waals surface area contributed by atoms with E-state index in [0.29, 0.717) is 24.5 Å². The minimum atomic E-state index is -0.255. The summed E-state index contributed by atoms with van der Waals surface area (Å²) in [6.45, 7) is 3.64. The van der Waals surface area contributed by atoms with Crippen LogP contribution in [0.25, 0.3) is 0 Å². The molecule has 1 atom stereocenters. The standard InChI is InChI=1S/C17H21FN4O2/c1-12-4-5-15(18)16(9-12)22-7-2-3-14(11-22)20-17(23)19-10-13-6-8-24-21-13/h4-6,8-9,14H,2-3,7,10-11H2,1H3,(H2,19,20,23)/t14-/m1/s1. The van der Waals surface area contributed by atoms with E-state index in [-0.39, 0.29) is 17.9 Å². The largest absolute Gasteiger partial charge is 0.367 e. The number of hydrogen-bond acceptors (Lipinski definition) is 4. The average Bonchev–Trinajstić information content (AvgIpc) is 3.09. The molecule has 0 spiro atoms. The first kappa shape index (κ1) is 16.3. The predicted octanol–water partition coefficient (Wildman–Crippen LogP) is 2.59. The highest BCUT2D eigenvalue weighted by Gasteiger charge is 2.23. The van der Waals surface area contributed by atoms with Gasteiger partial charge in [0.1, 0.15) is 17.8 Å². The van der Waals surface area contributed by atoms with Crippen LogP contribution in [0.5, 0.6) is 0 Å². The molecule has 6 nitrogen and oxygen atoms in total. The van der Waals surface area contributed by atoms with E-state index >= 15 is 0 Å². The maximum Gasteiger partial charge on any atom is 0.315 e. The monoisotopic (exact) mass is 332 g/mol. The summed E-state index contributed by atoms with van der Waals surface area (Å²) in [5.74, 6) is -0.225. The highest BCUT2D eigenvalue weighted by atomic mass is 19.1. The van der Waals surface area contributed by atoms with Gasteiger partial charge in [0.15, 0.2) is 0 Å². The molecule has 1 aliphatic rings. The van der Waals surface area contributed by atoms with Crippen LogP contribution < -0.4 is 15.5 Å². The van der Waals surface area contributed by atoms with Crippen molar-refractivity contribution >= 4 is 11.7 Å². The van der Waals surface area contributed by atoms with E-state index in [4.69, 9.17) is 4.52 Å². The molecule has 2 heterocycles. The fourth-order valence-electron chi connectivity index (χ4n) is 2.91. The van der Waals surface area contributed by atoms with E-state index in [2.05, 4.69) is 15.8 Å². The number of piperidine rings is 1. The van der Waals surface area contributed by atoms with Crippen molar-refractivity contribution in [3.8, 4) is 0 Å². The number of amides is 2. The number of anilines is 1. The first-order valence-electron chi connectivity index (χ1n) is 8.06. The first-order valence-corrected chi connectivity index (χ1v) is 8.06. The molecule has 7 heteroatoms. The Kier molecular flexibility index (Phi) is 4.98. The Labute approximate surface area is 140 Å². The van der Waals surface area contributed by atoms with Gasteiger partial charge >= 0.3 is 6.03 Å². The van der Waals surface area contributed by atoms with Crippen molar-refractivity contribution in [2.45, 2.75) is 32.4 Å². The number of rotatable bonds is 4. The second-order valence-electron chi connectivity index (χ2n) is 6.06. The third-order valence-electron chi connectivity index (χ3n) is 4.12. The number of hydrogen-bond donors (Lipinski definition) is 2. The summed E-state index contributed by atoms with van der Waals surface area (Å²) in [4.78, 5) is 14.0. The molecule has 0 saturated carbocycles. The van der Waals surface area contributed by atoms with Gasteiger partial charge in [0.25, 0.3) is 0 Å². The Morgan fingerprint density at radius 3 is 3.12 bits per heavy atom. The Balaban J connectivity index is 1.55. The number of nitrogens with zero attached hydrogens (tertiary/aromatic N) is 2. The lowest BCUT2D eigenvalue weighted by Crippen LogP contribution is -2.50. The van der Waals surface area contributed by atoms with Gasteiger partial charge in [0, 0.05) is 25.2 Å². The lowest BCUT2D eigenvalue weighted by atomic mass is 10.0. The molecule has 2 N–H and O–H groups in total. The molecule has 1 aliphatic heterocycles. The number of halogens is 1. The van der Waals surface area contributed by atoms with Crippen LogP contribution in [-0.2, 0) is 6.54 Å². The molecular formula is C17H21FN4O2. The molecule has 1 aromatic carbocycles. The van der Waals surface area contributed by atoms with Crippen LogP contribution in [0, 0.1) is 12.7 Å². The molecule has 2 aromatic rings. The van der Waals surface area contributed by atoms with Crippen molar-refractivity contribution in [1.82, 2.24) is 15.8 Å². The Morgan fingerprint density at radius 1 is 1.46 bits per heavy atom. The first-order chi connectivity index (χ1) is 11.6. The summed E-state index contributed by atoms with van der Waals surface area (Å²) in [5, 5.41) is 9.42. The van der Waals surface area contributed by atoms with Gasteiger partial charge in [0.05, 0.1) is 12.2 Å². The van der Waals surface area contributed by atoms with Crippen LogP contribution in [0.1, 0.15) is 24.1 Å². The maximum atomic E-state index is 14.1. The second kappa shape index (κ2) is 7.33. The third kappa shape index (κ3) is 4.04. The highest BCUT2D eigenvalue weighted by molar-refractivity contribution is 5.74. The van der Waals surface area contributed by atoms with E-state index in [1.165, 1.54) is 12.3 Å². The topological polar surface area (TPSA) is 70.4 Å². The zero-order valence-corrected chi connectivity index (χ0v) is 13.6.